The van der Waals surface area contributed by atoms with Crippen molar-refractivity contribution in [2.75, 3.05) is 6.61 Å². The van der Waals surface area contributed by atoms with Crippen LogP contribution in [0.3, 0.4) is 0 Å². The van der Waals surface area contributed by atoms with Gasteiger partial charge in [0.05, 0.1) is 25.2 Å². The van der Waals surface area contributed by atoms with Gasteiger partial charge in [0.1, 0.15) is 6.10 Å². The highest BCUT2D eigenvalue weighted by Crippen LogP contribution is 2.17. The lowest BCUT2D eigenvalue weighted by atomic mass is 10.0. The summed E-state index contributed by atoms with van der Waals surface area (Å²) in [4.78, 5) is 26.2. The first kappa shape index (κ1) is 61.0. The summed E-state index contributed by atoms with van der Waals surface area (Å²) in [6, 6.07) is -0.722. The highest BCUT2D eigenvalue weighted by Gasteiger charge is 2.24. The monoisotopic (exact) mass is 892 g/mol. The van der Waals surface area contributed by atoms with E-state index in [1.54, 1.807) is 0 Å². The van der Waals surface area contributed by atoms with Crippen LogP contribution in [0.5, 0.6) is 0 Å². The van der Waals surface area contributed by atoms with Crippen LogP contribution < -0.4 is 5.32 Å². The summed E-state index contributed by atoms with van der Waals surface area (Å²) in [7, 11) is 0. The number of unbranched alkanes of at least 4 members (excludes halogenated alkanes) is 26. The lowest BCUT2D eigenvalue weighted by Crippen LogP contribution is -2.46. The Morgan fingerprint density at radius 2 is 0.844 bits per heavy atom. The third kappa shape index (κ3) is 45.6. The van der Waals surface area contributed by atoms with Gasteiger partial charge >= 0.3 is 5.97 Å². The Bertz CT molecular complexity index is 1230. The third-order valence-electron chi connectivity index (χ3n) is 11.9. The first-order valence-electron chi connectivity index (χ1n) is 26.9. The maximum atomic E-state index is 13.2. The van der Waals surface area contributed by atoms with Gasteiger partial charge in [-0.3, -0.25) is 9.59 Å². The molecule has 0 fully saturated rings. The normalized spacial score (nSPS) is 13.9. The molecule has 64 heavy (non-hydrogen) atoms. The molecule has 0 saturated heterocycles. The van der Waals surface area contributed by atoms with E-state index in [-0.39, 0.29) is 24.9 Å². The molecule has 0 heterocycles. The van der Waals surface area contributed by atoms with Crippen LogP contribution in [0.25, 0.3) is 0 Å². The number of nitrogens with one attached hydrogen (secondary N) is 1. The summed E-state index contributed by atoms with van der Waals surface area (Å²) in [5.41, 5.74) is 0. The second kappa shape index (κ2) is 51.0. The number of ether oxygens (including phenoxy) is 1. The van der Waals surface area contributed by atoms with Gasteiger partial charge in [0.15, 0.2) is 0 Å². The van der Waals surface area contributed by atoms with Crippen molar-refractivity contribution in [3.05, 3.63) is 85.1 Å². The van der Waals surface area contributed by atoms with E-state index in [4.69, 9.17) is 4.74 Å². The van der Waals surface area contributed by atoms with Crippen molar-refractivity contribution in [2.24, 2.45) is 0 Å². The maximum Gasteiger partial charge on any atom is 0.306 e. The minimum atomic E-state index is -0.806. The quantitative estimate of drug-likeness (QED) is 0.0321. The Morgan fingerprint density at radius 3 is 1.30 bits per heavy atom. The molecule has 0 saturated carbocycles. The number of carbonyl (C=O) groups excluding carboxylic acids is 2. The van der Waals surface area contributed by atoms with E-state index in [9.17, 15) is 19.8 Å². The van der Waals surface area contributed by atoms with E-state index in [0.29, 0.717) is 19.3 Å². The molecule has 0 aromatic carbocycles. The minimum absolute atomic E-state index is 0.0413. The molecule has 0 aromatic rings. The number of hydrogen-bond donors (Lipinski definition) is 3. The topological polar surface area (TPSA) is 95.9 Å². The lowest BCUT2D eigenvalue weighted by molar-refractivity contribution is -0.151. The standard InChI is InChI=1S/C58H101NO5/c1-4-7-10-13-16-19-22-25-28-30-31-34-37-40-43-46-49-54(64-58(63)51-48-45-42-39-36-33-29-26-23-20-17-14-11-8-5-2)52-57(62)59-55(53-60)56(61)50-47-44-41-38-35-32-27-24-21-18-15-12-9-6-3/h8,11,14,17,20,22-23,25-26,28-31,34,54-56,60-61H,4-7,9-10,12-13,15-16,18-19,21,24,27,32-33,35-53H2,1-3H3,(H,59,62)/b11-8+,17-14+,23-20+,25-22+,29-26-,30-28+,34-31+. The number of esters is 1. The van der Waals surface area contributed by atoms with Crippen molar-refractivity contribution >= 4 is 11.9 Å². The van der Waals surface area contributed by atoms with Crippen LogP contribution in [0.2, 0.25) is 0 Å². The second-order valence-electron chi connectivity index (χ2n) is 18.0. The molecule has 0 aliphatic carbocycles. The van der Waals surface area contributed by atoms with E-state index >= 15 is 0 Å². The molecule has 3 N–H and O–H groups in total. The summed E-state index contributed by atoms with van der Waals surface area (Å²) < 4.78 is 5.92. The summed E-state index contributed by atoms with van der Waals surface area (Å²) in [5, 5.41) is 23.8. The van der Waals surface area contributed by atoms with Crippen molar-refractivity contribution in [1.29, 1.82) is 0 Å². The van der Waals surface area contributed by atoms with Gasteiger partial charge in [-0.05, 0) is 70.6 Å². The van der Waals surface area contributed by atoms with Crippen LogP contribution >= 0.6 is 0 Å². The maximum absolute atomic E-state index is 13.2. The molecule has 1 amide bonds. The van der Waals surface area contributed by atoms with Crippen LogP contribution in [-0.2, 0) is 14.3 Å². The van der Waals surface area contributed by atoms with E-state index in [1.165, 1.54) is 103 Å². The van der Waals surface area contributed by atoms with Gasteiger partial charge < -0.3 is 20.3 Å². The molecule has 0 rings (SSSR count). The van der Waals surface area contributed by atoms with E-state index in [2.05, 4.69) is 92.9 Å². The Hall–Kier alpha value is -2.96. The molecule has 6 nitrogen and oxygen atoms in total. The molecular weight excluding hydrogens is 791 g/mol. The molecule has 0 radical (unpaired) electrons. The average Bonchev–Trinajstić information content (AvgIpc) is 3.29. The van der Waals surface area contributed by atoms with Crippen LogP contribution in [-0.4, -0.2) is 46.9 Å². The fraction of sp³-hybridized carbons (Fsp3) is 0.724. The van der Waals surface area contributed by atoms with Crippen LogP contribution in [0.4, 0.5) is 0 Å². The van der Waals surface area contributed by atoms with Crippen molar-refractivity contribution in [1.82, 2.24) is 5.32 Å². The molecule has 0 aliphatic heterocycles. The number of aliphatic hydroxyl groups is 2. The van der Waals surface area contributed by atoms with Gasteiger partial charge in [-0.2, -0.15) is 0 Å². The van der Waals surface area contributed by atoms with Crippen LogP contribution in [0.15, 0.2) is 85.1 Å². The summed E-state index contributed by atoms with van der Waals surface area (Å²) in [6.07, 6.45) is 66.4. The molecule has 6 heteroatoms. The zero-order valence-electron chi connectivity index (χ0n) is 41.9. The fourth-order valence-corrected chi connectivity index (χ4v) is 7.80. The summed E-state index contributed by atoms with van der Waals surface area (Å²) >= 11 is 0. The predicted octanol–water partition coefficient (Wildman–Crippen LogP) is 16.3. The van der Waals surface area contributed by atoms with Crippen molar-refractivity contribution in [3.63, 3.8) is 0 Å². The largest absolute Gasteiger partial charge is 0.462 e. The van der Waals surface area contributed by atoms with E-state index in [1.807, 2.05) is 18.2 Å². The second-order valence-corrected chi connectivity index (χ2v) is 18.0. The van der Waals surface area contributed by atoms with E-state index in [0.717, 1.165) is 96.3 Å². The van der Waals surface area contributed by atoms with Crippen molar-refractivity contribution in [3.8, 4) is 0 Å². The number of aliphatic hydroxyl groups excluding tert-OH is 2. The molecule has 0 spiro atoms. The van der Waals surface area contributed by atoms with Gasteiger partial charge in [-0.1, -0.05) is 247 Å². The van der Waals surface area contributed by atoms with Gasteiger partial charge in [-0.25, -0.2) is 0 Å². The predicted molar refractivity (Wildman–Crippen MR) is 278 cm³/mol. The van der Waals surface area contributed by atoms with Crippen LogP contribution in [0.1, 0.15) is 245 Å². The fourth-order valence-electron chi connectivity index (χ4n) is 7.80. The smallest absolute Gasteiger partial charge is 0.306 e. The zero-order valence-corrected chi connectivity index (χ0v) is 41.9. The first-order valence-corrected chi connectivity index (χ1v) is 26.9. The molecular formula is C58H101NO5. The average molecular weight is 892 g/mol. The highest BCUT2D eigenvalue weighted by molar-refractivity contribution is 5.77. The number of amides is 1. The first-order chi connectivity index (χ1) is 31.5. The minimum Gasteiger partial charge on any atom is -0.462 e. The number of carbonyl (C=O) groups is 2. The lowest BCUT2D eigenvalue weighted by Gasteiger charge is -2.24. The van der Waals surface area contributed by atoms with Crippen molar-refractivity contribution in [2.45, 2.75) is 264 Å². The van der Waals surface area contributed by atoms with Gasteiger partial charge in [0, 0.05) is 6.42 Å². The molecule has 0 aromatic heterocycles. The van der Waals surface area contributed by atoms with Gasteiger partial charge in [0.2, 0.25) is 5.91 Å². The molecule has 0 bridgehead atoms. The Morgan fingerprint density at radius 1 is 0.469 bits per heavy atom. The number of hydrogen-bond acceptors (Lipinski definition) is 5. The molecule has 3 unspecified atom stereocenters. The van der Waals surface area contributed by atoms with Crippen molar-refractivity contribution < 1.29 is 24.5 Å². The highest BCUT2D eigenvalue weighted by atomic mass is 16.5. The molecule has 0 aliphatic rings. The third-order valence-corrected chi connectivity index (χ3v) is 11.9. The summed E-state index contributed by atoms with van der Waals surface area (Å²) in [5.74, 6) is -0.536. The van der Waals surface area contributed by atoms with E-state index < -0.39 is 18.2 Å². The van der Waals surface area contributed by atoms with Gasteiger partial charge in [0.25, 0.3) is 0 Å². The SMILES string of the molecule is CC/C=C/C=C/C=C/C=C\CCCCCCCC(=O)OC(CCCCC/C=C/C=C/C=C/CCCCCCC)CC(=O)NC(CO)C(O)CCCCCCCCCCCCCCCC. The Balaban J connectivity index is 4.70. The van der Waals surface area contributed by atoms with Crippen LogP contribution in [0, 0.1) is 0 Å². The zero-order chi connectivity index (χ0) is 46.7. The number of rotatable bonds is 47. The molecule has 368 valence electrons. The van der Waals surface area contributed by atoms with Gasteiger partial charge in [-0.15, -0.1) is 0 Å². The summed E-state index contributed by atoms with van der Waals surface area (Å²) in [6.45, 7) is 6.32. The Kier molecular flexibility index (Phi) is 48.7. The molecule has 3 atom stereocenters. The Labute approximate surface area is 395 Å². The number of allylic oxidation sites excluding steroid dienone is 14.